The maximum Gasteiger partial charge on any atom is 0.511 e. The van der Waals surface area contributed by atoms with Crippen molar-refractivity contribution in [1.82, 2.24) is 14.8 Å². The molecular weight excluding hydrogens is 455 g/mol. The van der Waals surface area contributed by atoms with Crippen LogP contribution in [0.15, 0.2) is 23.1 Å². The molecule has 33 heavy (non-hydrogen) atoms. The lowest BCUT2D eigenvalue weighted by molar-refractivity contribution is 0.143. The normalized spacial score (nSPS) is 16.2. The van der Waals surface area contributed by atoms with Gasteiger partial charge < -0.3 is 29.5 Å². The molecule has 11 heteroatoms. The van der Waals surface area contributed by atoms with Gasteiger partial charge in [0, 0.05) is 44.6 Å². The van der Waals surface area contributed by atoms with Crippen molar-refractivity contribution in [2.45, 2.75) is 31.7 Å². The predicted molar refractivity (Wildman–Crippen MR) is 122 cm³/mol. The second-order valence-corrected chi connectivity index (χ2v) is 8.63. The molecule has 0 bridgehead atoms. The number of anilines is 1. The molecule has 0 spiro atoms. The molecule has 0 radical (unpaired) electrons. The van der Waals surface area contributed by atoms with Gasteiger partial charge in [0.15, 0.2) is 5.75 Å². The molecule has 1 aliphatic heterocycles. The molecule has 2 N–H and O–H groups in total. The first-order valence-electron chi connectivity index (χ1n) is 11.0. The third-order valence-corrected chi connectivity index (χ3v) is 6.22. The molecule has 1 saturated carbocycles. The highest BCUT2D eigenvalue weighted by molar-refractivity contribution is 6.17. The first-order chi connectivity index (χ1) is 15.9. The number of piperazine rings is 1. The number of nitrogens with one attached hydrogen (secondary N) is 1. The molecule has 2 fully saturated rings. The van der Waals surface area contributed by atoms with Crippen LogP contribution in [0.5, 0.6) is 5.75 Å². The summed E-state index contributed by atoms with van der Waals surface area (Å²) < 4.78 is 21.5. The van der Waals surface area contributed by atoms with E-state index < -0.39 is 17.4 Å². The third-order valence-electron chi connectivity index (χ3n) is 5.95. The second kappa shape index (κ2) is 9.86. The molecule has 1 aromatic heterocycles. The van der Waals surface area contributed by atoms with Crippen LogP contribution >= 0.6 is 11.6 Å². The number of pyridine rings is 1. The number of hydrogen-bond donors (Lipinski definition) is 2. The largest absolute Gasteiger partial charge is 0.511 e. The number of aromatic nitrogens is 1. The smallest absolute Gasteiger partial charge is 0.449 e. The number of unbranched alkanes of at least 4 members (excludes halogenated alkanes) is 1. The summed E-state index contributed by atoms with van der Waals surface area (Å²) in [6.45, 7) is 2.35. The highest BCUT2D eigenvalue weighted by atomic mass is 35.5. The average Bonchev–Trinajstić information content (AvgIpc) is 3.63. The summed E-state index contributed by atoms with van der Waals surface area (Å²) in [4.78, 5) is 39.5. The Morgan fingerprint density at radius 3 is 2.55 bits per heavy atom. The maximum atomic E-state index is 15.1. The molecule has 2 heterocycles. The SMILES string of the molecule is O=C(O)Oc1cn(C2CC2)c2cc(N3CCN(C(=O)NCCCCCl)CC3)c(F)cc2c1=O. The van der Waals surface area contributed by atoms with E-state index in [4.69, 9.17) is 16.7 Å². The molecule has 1 aromatic carbocycles. The number of rotatable bonds is 7. The van der Waals surface area contributed by atoms with Gasteiger partial charge in [-0.3, -0.25) is 4.79 Å². The number of halogens is 2. The zero-order valence-electron chi connectivity index (χ0n) is 18.1. The number of hydrogen-bond acceptors (Lipinski definition) is 5. The lowest BCUT2D eigenvalue weighted by Crippen LogP contribution is -2.52. The fourth-order valence-corrected chi connectivity index (χ4v) is 4.26. The minimum atomic E-state index is -1.59. The van der Waals surface area contributed by atoms with Crippen LogP contribution in [0.3, 0.4) is 0 Å². The second-order valence-electron chi connectivity index (χ2n) is 8.25. The zero-order chi connectivity index (χ0) is 23.5. The average molecular weight is 481 g/mol. The Bertz CT molecular complexity index is 1110. The van der Waals surface area contributed by atoms with Crippen molar-refractivity contribution in [3.8, 4) is 5.75 Å². The molecule has 2 amide bonds. The Morgan fingerprint density at radius 1 is 1.18 bits per heavy atom. The Labute approximate surface area is 194 Å². The highest BCUT2D eigenvalue weighted by Gasteiger charge is 2.28. The first-order valence-corrected chi connectivity index (χ1v) is 11.6. The highest BCUT2D eigenvalue weighted by Crippen LogP contribution is 2.39. The van der Waals surface area contributed by atoms with Gasteiger partial charge in [0.25, 0.3) is 0 Å². The summed E-state index contributed by atoms with van der Waals surface area (Å²) in [5.41, 5.74) is 0.229. The van der Waals surface area contributed by atoms with Crippen LogP contribution in [0.4, 0.5) is 19.7 Å². The Kier molecular flexibility index (Phi) is 6.92. The van der Waals surface area contributed by atoms with Gasteiger partial charge in [-0.25, -0.2) is 14.0 Å². The number of nitrogens with zero attached hydrogens (tertiary/aromatic N) is 3. The number of urea groups is 1. The summed E-state index contributed by atoms with van der Waals surface area (Å²) in [5.74, 6) is -0.345. The van der Waals surface area contributed by atoms with Gasteiger partial charge in [-0.2, -0.15) is 0 Å². The van der Waals surface area contributed by atoms with Crippen LogP contribution < -0.4 is 20.4 Å². The molecule has 4 rings (SSSR count). The Morgan fingerprint density at radius 2 is 1.91 bits per heavy atom. The van der Waals surface area contributed by atoms with Crippen LogP contribution in [0.25, 0.3) is 10.9 Å². The lowest BCUT2D eigenvalue weighted by atomic mass is 10.1. The summed E-state index contributed by atoms with van der Waals surface area (Å²) in [6.07, 6.45) is 3.23. The standard InChI is InChI=1S/C22H26ClFN4O5/c23-5-1-2-6-25-21(30)27-9-7-26(8-10-27)18-12-17-15(11-16(18)24)20(29)19(33-22(31)32)13-28(17)14-3-4-14/h11-14H,1-10H2,(H,25,30)(H,31,32). The third kappa shape index (κ3) is 5.16. The van der Waals surface area contributed by atoms with Crippen LogP contribution in [0.2, 0.25) is 0 Å². The van der Waals surface area contributed by atoms with E-state index in [1.165, 1.54) is 6.20 Å². The van der Waals surface area contributed by atoms with Gasteiger partial charge in [0.05, 0.1) is 22.8 Å². The first kappa shape index (κ1) is 23.2. The number of amides is 2. The molecular formula is C22H26ClFN4O5. The van der Waals surface area contributed by atoms with E-state index in [9.17, 15) is 14.4 Å². The van der Waals surface area contributed by atoms with Crippen molar-refractivity contribution in [2.75, 3.05) is 43.5 Å². The van der Waals surface area contributed by atoms with E-state index >= 15 is 4.39 Å². The van der Waals surface area contributed by atoms with Gasteiger partial charge in [-0.05, 0) is 37.8 Å². The molecule has 1 saturated heterocycles. The molecule has 1 aliphatic carbocycles. The van der Waals surface area contributed by atoms with E-state index in [0.29, 0.717) is 49.8 Å². The van der Waals surface area contributed by atoms with E-state index in [0.717, 1.165) is 31.7 Å². The van der Waals surface area contributed by atoms with Crippen LogP contribution in [0, 0.1) is 5.82 Å². The van der Waals surface area contributed by atoms with Crippen LogP contribution in [-0.4, -0.2) is 65.4 Å². The molecule has 9 nitrogen and oxygen atoms in total. The van der Waals surface area contributed by atoms with Gasteiger partial charge in [-0.15, -0.1) is 11.6 Å². The van der Waals surface area contributed by atoms with Gasteiger partial charge >= 0.3 is 12.2 Å². The minimum Gasteiger partial charge on any atom is -0.449 e. The lowest BCUT2D eigenvalue weighted by Gasteiger charge is -2.36. The minimum absolute atomic E-state index is 0.0804. The zero-order valence-corrected chi connectivity index (χ0v) is 18.8. The Hall–Kier alpha value is -3.01. The van der Waals surface area contributed by atoms with E-state index in [2.05, 4.69) is 10.1 Å². The Balaban J connectivity index is 1.54. The number of fused-ring (bicyclic) bond motifs is 1. The summed E-state index contributed by atoms with van der Waals surface area (Å²) in [7, 11) is 0. The van der Waals surface area contributed by atoms with Crippen molar-refractivity contribution < 1.29 is 23.8 Å². The topological polar surface area (TPSA) is 104 Å². The molecule has 2 aliphatic rings. The van der Waals surface area contributed by atoms with Crippen molar-refractivity contribution in [3.05, 3.63) is 34.4 Å². The summed E-state index contributed by atoms with van der Waals surface area (Å²) in [5, 5.41) is 11.9. The number of benzene rings is 1. The number of carbonyl (C=O) groups excluding carboxylic acids is 1. The molecule has 0 unspecified atom stereocenters. The van der Waals surface area contributed by atoms with E-state index in [1.807, 2.05) is 4.90 Å². The van der Waals surface area contributed by atoms with Crippen molar-refractivity contribution in [3.63, 3.8) is 0 Å². The van der Waals surface area contributed by atoms with Crippen LogP contribution in [-0.2, 0) is 0 Å². The number of carboxylic acid groups (broad SMARTS) is 1. The summed E-state index contributed by atoms with van der Waals surface area (Å²) >= 11 is 5.65. The van der Waals surface area contributed by atoms with Crippen molar-refractivity contribution >= 4 is 40.4 Å². The maximum absolute atomic E-state index is 15.1. The predicted octanol–water partition coefficient (Wildman–Crippen LogP) is 3.38. The van der Waals surface area contributed by atoms with Gasteiger partial charge in [0.1, 0.15) is 5.82 Å². The molecule has 178 valence electrons. The van der Waals surface area contributed by atoms with Gasteiger partial charge in [0.2, 0.25) is 5.43 Å². The molecule has 0 atom stereocenters. The number of carbonyl (C=O) groups is 2. The van der Waals surface area contributed by atoms with Crippen molar-refractivity contribution in [1.29, 1.82) is 0 Å². The van der Waals surface area contributed by atoms with Crippen molar-refractivity contribution in [2.24, 2.45) is 0 Å². The summed E-state index contributed by atoms with van der Waals surface area (Å²) in [6, 6.07) is 2.76. The number of alkyl halides is 1. The quantitative estimate of drug-likeness (QED) is 0.357. The van der Waals surface area contributed by atoms with Crippen LogP contribution in [0.1, 0.15) is 31.7 Å². The van der Waals surface area contributed by atoms with E-state index in [-0.39, 0.29) is 23.2 Å². The fourth-order valence-electron chi connectivity index (χ4n) is 4.07. The monoisotopic (exact) mass is 480 g/mol. The van der Waals surface area contributed by atoms with E-state index in [1.54, 1.807) is 15.5 Å². The number of ether oxygens (including phenoxy) is 1. The molecule has 2 aromatic rings. The van der Waals surface area contributed by atoms with Gasteiger partial charge in [-0.1, -0.05) is 0 Å². The fraction of sp³-hybridized carbons (Fsp3) is 0.500.